The van der Waals surface area contributed by atoms with Gasteiger partial charge in [0.2, 0.25) is 0 Å². The summed E-state index contributed by atoms with van der Waals surface area (Å²) in [7, 11) is 0. The van der Waals surface area contributed by atoms with Crippen LogP contribution in [0, 0.1) is 6.92 Å². The van der Waals surface area contributed by atoms with Gasteiger partial charge in [-0.15, -0.1) is 5.73 Å². The summed E-state index contributed by atoms with van der Waals surface area (Å²) in [4.78, 5) is 12.9. The van der Waals surface area contributed by atoms with E-state index in [9.17, 15) is 4.79 Å². The van der Waals surface area contributed by atoms with Crippen LogP contribution in [0.1, 0.15) is 75.8 Å². The van der Waals surface area contributed by atoms with Crippen molar-refractivity contribution in [2.45, 2.75) is 74.3 Å². The molecule has 1 aliphatic carbocycles. The summed E-state index contributed by atoms with van der Waals surface area (Å²) < 4.78 is 5.93. The number of allylic oxidation sites excluding steroid dienone is 2. The van der Waals surface area contributed by atoms with Crippen molar-refractivity contribution in [3.05, 3.63) is 124 Å². The number of aryl methyl sites for hydroxylation is 1. The Bertz CT molecular complexity index is 1180. The number of fused-ring (bicyclic) bond motifs is 1. The molecule has 0 heterocycles. The summed E-state index contributed by atoms with van der Waals surface area (Å²) >= 11 is 0. The van der Waals surface area contributed by atoms with Crippen molar-refractivity contribution in [2.24, 2.45) is 0 Å². The Morgan fingerprint density at radius 2 is 1.54 bits per heavy atom. The van der Waals surface area contributed by atoms with Crippen LogP contribution in [-0.2, 0) is 24.2 Å². The molecule has 0 saturated heterocycles. The summed E-state index contributed by atoms with van der Waals surface area (Å²) in [6.07, 6.45) is 3.72. The number of ether oxygens (including phenoxy) is 1. The molecular weight excluding hydrogens is 452 g/mol. The minimum absolute atomic E-state index is 0.150. The largest absolute Gasteiger partial charge is 0.489 e. The van der Waals surface area contributed by atoms with E-state index in [1.807, 2.05) is 102 Å². The fourth-order valence-electron chi connectivity index (χ4n) is 3.86. The first-order valence-corrected chi connectivity index (χ1v) is 13.6. The quantitative estimate of drug-likeness (QED) is 0.290. The SMILES string of the molecule is C=C=C(CC(=O)C1=Cc2cc(C)ccc2C1)Cc1cccc(OCc2ccccc2)c1.CC.CC.CC. The molecule has 196 valence electrons. The molecule has 2 nitrogen and oxygen atoms in total. The fourth-order valence-corrected chi connectivity index (χ4v) is 3.86. The number of ketones is 1. The Morgan fingerprint density at radius 1 is 0.865 bits per heavy atom. The third-order valence-electron chi connectivity index (χ3n) is 5.56. The van der Waals surface area contributed by atoms with Crippen LogP contribution >= 0.6 is 0 Å². The van der Waals surface area contributed by atoms with E-state index in [1.54, 1.807) is 0 Å². The molecule has 37 heavy (non-hydrogen) atoms. The lowest BCUT2D eigenvalue weighted by atomic mass is 9.97. The van der Waals surface area contributed by atoms with E-state index in [2.05, 4.69) is 37.4 Å². The first-order chi connectivity index (χ1) is 18.1. The highest BCUT2D eigenvalue weighted by molar-refractivity contribution is 6.03. The Labute approximate surface area is 225 Å². The maximum atomic E-state index is 12.9. The second-order valence-corrected chi connectivity index (χ2v) is 8.03. The highest BCUT2D eigenvalue weighted by Crippen LogP contribution is 2.28. The highest BCUT2D eigenvalue weighted by Gasteiger charge is 2.19. The topological polar surface area (TPSA) is 26.3 Å². The summed E-state index contributed by atoms with van der Waals surface area (Å²) in [5, 5.41) is 0. The van der Waals surface area contributed by atoms with Gasteiger partial charge in [-0.2, -0.15) is 0 Å². The zero-order chi connectivity index (χ0) is 27.6. The highest BCUT2D eigenvalue weighted by atomic mass is 16.5. The van der Waals surface area contributed by atoms with E-state index in [4.69, 9.17) is 4.74 Å². The Balaban J connectivity index is 0.00000106. The van der Waals surface area contributed by atoms with Gasteiger partial charge < -0.3 is 4.74 Å². The molecule has 0 saturated carbocycles. The van der Waals surface area contributed by atoms with Crippen LogP contribution in [-0.4, -0.2) is 5.78 Å². The van der Waals surface area contributed by atoms with Gasteiger partial charge in [0.15, 0.2) is 5.78 Å². The van der Waals surface area contributed by atoms with Gasteiger partial charge in [-0.1, -0.05) is 114 Å². The van der Waals surface area contributed by atoms with E-state index >= 15 is 0 Å². The number of rotatable bonds is 8. The van der Waals surface area contributed by atoms with Gasteiger partial charge >= 0.3 is 0 Å². The molecule has 3 aromatic rings. The molecule has 3 aromatic carbocycles. The van der Waals surface area contributed by atoms with E-state index in [-0.39, 0.29) is 5.78 Å². The Kier molecular flexibility index (Phi) is 15.1. The number of benzene rings is 3. The maximum Gasteiger partial charge on any atom is 0.163 e. The lowest BCUT2D eigenvalue weighted by Gasteiger charge is -2.10. The second-order valence-electron chi connectivity index (χ2n) is 8.03. The predicted octanol–water partition coefficient (Wildman–Crippen LogP) is 9.51. The zero-order valence-electron chi connectivity index (χ0n) is 23.9. The van der Waals surface area contributed by atoms with Crippen molar-refractivity contribution in [1.29, 1.82) is 0 Å². The van der Waals surface area contributed by atoms with E-state index < -0.39 is 0 Å². The molecule has 4 rings (SSSR count). The number of hydrogen-bond donors (Lipinski definition) is 0. The molecule has 0 radical (unpaired) electrons. The zero-order valence-corrected chi connectivity index (χ0v) is 23.9. The Morgan fingerprint density at radius 3 is 2.22 bits per heavy atom. The molecule has 0 fully saturated rings. The van der Waals surface area contributed by atoms with Crippen molar-refractivity contribution >= 4 is 11.9 Å². The van der Waals surface area contributed by atoms with Crippen molar-refractivity contribution < 1.29 is 9.53 Å². The van der Waals surface area contributed by atoms with E-state index in [0.29, 0.717) is 25.9 Å². The third kappa shape index (κ3) is 10.1. The minimum atomic E-state index is 0.150. The van der Waals surface area contributed by atoms with Crippen molar-refractivity contribution in [3.63, 3.8) is 0 Å². The Hall–Kier alpha value is -3.61. The summed E-state index contributed by atoms with van der Waals surface area (Å²) in [5.74, 6) is 0.969. The number of carbonyl (C=O) groups excluding carboxylic acids is 1. The average molecular weight is 497 g/mol. The lowest BCUT2D eigenvalue weighted by Crippen LogP contribution is -2.05. The molecule has 0 amide bonds. The molecule has 2 heteroatoms. The van der Waals surface area contributed by atoms with Crippen LogP contribution in [0.5, 0.6) is 5.75 Å². The normalized spacial score (nSPS) is 10.5. The standard InChI is InChI=1S/C29H26O2.3C2H6/c1-3-22(17-29(30)27-18-25-13-12-21(2)14-26(25)19-27)15-24-10-7-11-28(16-24)31-20-23-8-5-4-6-9-23;3*1-2/h4-14,16,19H,1,15,17-18,20H2,2H3;3*1-2H3. The lowest BCUT2D eigenvalue weighted by molar-refractivity contribution is -0.114. The maximum absolute atomic E-state index is 12.9. The van der Waals surface area contributed by atoms with E-state index in [0.717, 1.165) is 33.6 Å². The minimum Gasteiger partial charge on any atom is -0.489 e. The van der Waals surface area contributed by atoms with Gasteiger partial charge in [0.25, 0.3) is 0 Å². The van der Waals surface area contributed by atoms with Gasteiger partial charge in [-0.05, 0) is 53.0 Å². The van der Waals surface area contributed by atoms with Crippen molar-refractivity contribution in [1.82, 2.24) is 0 Å². The number of hydrogen-bond acceptors (Lipinski definition) is 2. The predicted molar refractivity (Wildman–Crippen MR) is 160 cm³/mol. The molecule has 0 atom stereocenters. The monoisotopic (exact) mass is 496 g/mol. The van der Waals surface area contributed by atoms with Crippen molar-refractivity contribution in [3.8, 4) is 5.75 Å². The number of carbonyl (C=O) groups is 1. The van der Waals surface area contributed by atoms with Crippen LogP contribution in [0.25, 0.3) is 6.08 Å². The third-order valence-corrected chi connectivity index (χ3v) is 5.56. The van der Waals surface area contributed by atoms with Gasteiger partial charge in [-0.25, -0.2) is 0 Å². The van der Waals surface area contributed by atoms with Gasteiger partial charge in [0.1, 0.15) is 12.4 Å². The molecule has 0 spiro atoms. The van der Waals surface area contributed by atoms with Crippen LogP contribution in [0.15, 0.2) is 96.3 Å². The van der Waals surface area contributed by atoms with Gasteiger partial charge in [0.05, 0.1) is 0 Å². The molecular formula is C35H44O2. The number of Topliss-reactive ketones (excluding diaryl/α,β-unsaturated/α-hetero) is 1. The molecule has 0 aliphatic heterocycles. The van der Waals surface area contributed by atoms with Crippen LogP contribution in [0.2, 0.25) is 0 Å². The van der Waals surface area contributed by atoms with Crippen LogP contribution < -0.4 is 4.74 Å². The molecule has 0 aromatic heterocycles. The average Bonchev–Trinajstić information content (AvgIpc) is 3.39. The second kappa shape index (κ2) is 17.8. The van der Waals surface area contributed by atoms with Gasteiger partial charge in [-0.3, -0.25) is 4.79 Å². The smallest absolute Gasteiger partial charge is 0.163 e. The summed E-state index contributed by atoms with van der Waals surface area (Å²) in [5.41, 5.74) is 10.6. The van der Waals surface area contributed by atoms with Crippen LogP contribution in [0.3, 0.4) is 0 Å². The fraction of sp³-hybridized carbons (Fsp3) is 0.314. The van der Waals surface area contributed by atoms with Gasteiger partial charge in [0, 0.05) is 24.8 Å². The summed E-state index contributed by atoms with van der Waals surface area (Å²) in [6.45, 7) is 18.4. The molecule has 0 N–H and O–H groups in total. The first-order valence-electron chi connectivity index (χ1n) is 13.6. The van der Waals surface area contributed by atoms with Crippen LogP contribution in [0.4, 0.5) is 0 Å². The summed E-state index contributed by atoms with van der Waals surface area (Å²) in [6, 6.07) is 24.5. The molecule has 0 bridgehead atoms. The first kappa shape index (κ1) is 31.4. The van der Waals surface area contributed by atoms with Crippen molar-refractivity contribution in [2.75, 3.05) is 0 Å². The molecule has 0 unspecified atom stereocenters. The molecule has 1 aliphatic rings. The van der Waals surface area contributed by atoms with E-state index in [1.165, 1.54) is 11.1 Å².